The van der Waals surface area contributed by atoms with E-state index < -0.39 is 0 Å². The van der Waals surface area contributed by atoms with Crippen molar-refractivity contribution < 1.29 is 4.74 Å². The van der Waals surface area contributed by atoms with E-state index in [1.54, 1.807) is 0 Å². The van der Waals surface area contributed by atoms with Crippen LogP contribution >= 0.6 is 0 Å². The highest BCUT2D eigenvalue weighted by atomic mass is 16.5. The maximum Gasteiger partial charge on any atom is 0.222 e. The summed E-state index contributed by atoms with van der Waals surface area (Å²) >= 11 is 0. The Balaban J connectivity index is 1.70. The van der Waals surface area contributed by atoms with Gasteiger partial charge >= 0.3 is 0 Å². The van der Waals surface area contributed by atoms with Gasteiger partial charge in [-0.3, -0.25) is 0 Å². The molecule has 3 rings (SSSR count). The van der Waals surface area contributed by atoms with Gasteiger partial charge in [-0.05, 0) is 38.7 Å². The molecular formula is C15H23N3O. The molecule has 2 fully saturated rings. The first kappa shape index (κ1) is 12.9. The van der Waals surface area contributed by atoms with Crippen molar-refractivity contribution in [3.05, 3.63) is 18.0 Å². The maximum atomic E-state index is 5.92. The lowest BCUT2D eigenvalue weighted by Crippen LogP contribution is -2.60. The van der Waals surface area contributed by atoms with Crippen LogP contribution in [0.5, 0.6) is 0 Å². The van der Waals surface area contributed by atoms with Crippen LogP contribution in [0.3, 0.4) is 0 Å². The lowest BCUT2D eigenvalue weighted by Gasteiger charge is -2.54. The SMILES string of the molecule is CCOC1CC(Nc2ncc(C)cn2)C12CCCC2. The molecule has 2 saturated carbocycles. The summed E-state index contributed by atoms with van der Waals surface area (Å²) in [5.74, 6) is 0.761. The second-order valence-electron chi connectivity index (χ2n) is 5.90. The number of aromatic nitrogens is 2. The van der Waals surface area contributed by atoms with Crippen LogP contribution in [0.25, 0.3) is 0 Å². The molecule has 19 heavy (non-hydrogen) atoms. The van der Waals surface area contributed by atoms with Gasteiger partial charge in [0.15, 0.2) is 0 Å². The Kier molecular flexibility index (Phi) is 3.44. The van der Waals surface area contributed by atoms with Crippen LogP contribution in [0.4, 0.5) is 5.95 Å². The number of nitrogens with one attached hydrogen (secondary N) is 1. The van der Waals surface area contributed by atoms with Crippen molar-refractivity contribution in [2.75, 3.05) is 11.9 Å². The maximum absolute atomic E-state index is 5.92. The van der Waals surface area contributed by atoms with Crippen LogP contribution in [0.15, 0.2) is 12.4 Å². The second-order valence-corrected chi connectivity index (χ2v) is 5.90. The number of anilines is 1. The van der Waals surface area contributed by atoms with Crippen molar-refractivity contribution in [1.82, 2.24) is 9.97 Å². The van der Waals surface area contributed by atoms with Gasteiger partial charge < -0.3 is 10.1 Å². The molecule has 1 aromatic rings. The standard InChI is InChI=1S/C15H23N3O/c1-3-19-13-8-12(15(13)6-4-5-7-15)18-14-16-9-11(2)10-17-14/h9-10,12-13H,3-8H2,1-2H3,(H,16,17,18). The largest absolute Gasteiger partial charge is 0.378 e. The predicted octanol–water partition coefficient (Wildman–Crippen LogP) is 2.93. The van der Waals surface area contributed by atoms with Crippen molar-refractivity contribution in [3.8, 4) is 0 Å². The molecule has 2 unspecified atom stereocenters. The fourth-order valence-corrected chi connectivity index (χ4v) is 3.71. The molecule has 1 aromatic heterocycles. The summed E-state index contributed by atoms with van der Waals surface area (Å²) in [7, 11) is 0. The molecule has 2 aliphatic carbocycles. The Morgan fingerprint density at radius 3 is 2.63 bits per heavy atom. The molecule has 0 aromatic carbocycles. The summed E-state index contributed by atoms with van der Waals surface area (Å²) in [5, 5.41) is 3.52. The van der Waals surface area contributed by atoms with E-state index in [1.165, 1.54) is 25.7 Å². The molecule has 2 aliphatic rings. The molecule has 0 radical (unpaired) electrons. The zero-order chi connectivity index (χ0) is 13.3. The predicted molar refractivity (Wildman–Crippen MR) is 75.1 cm³/mol. The zero-order valence-electron chi connectivity index (χ0n) is 11.9. The van der Waals surface area contributed by atoms with E-state index in [9.17, 15) is 0 Å². The number of aryl methyl sites for hydroxylation is 1. The smallest absolute Gasteiger partial charge is 0.222 e. The summed E-state index contributed by atoms with van der Waals surface area (Å²) in [6.45, 7) is 4.92. The van der Waals surface area contributed by atoms with Gasteiger partial charge in [0.1, 0.15) is 0 Å². The van der Waals surface area contributed by atoms with E-state index in [0.717, 1.165) is 24.5 Å². The van der Waals surface area contributed by atoms with Crippen molar-refractivity contribution in [3.63, 3.8) is 0 Å². The van der Waals surface area contributed by atoms with Gasteiger partial charge in [0.25, 0.3) is 0 Å². The van der Waals surface area contributed by atoms with Crippen LogP contribution in [-0.4, -0.2) is 28.7 Å². The zero-order valence-corrected chi connectivity index (χ0v) is 11.9. The minimum absolute atomic E-state index is 0.338. The van der Waals surface area contributed by atoms with Gasteiger partial charge in [-0.25, -0.2) is 9.97 Å². The molecule has 4 nitrogen and oxygen atoms in total. The average Bonchev–Trinajstić information content (AvgIpc) is 2.92. The molecule has 0 aliphatic heterocycles. The summed E-state index contributed by atoms with van der Waals surface area (Å²) < 4.78 is 5.92. The van der Waals surface area contributed by atoms with Crippen molar-refractivity contribution in [2.45, 2.75) is 58.1 Å². The van der Waals surface area contributed by atoms with E-state index in [2.05, 4.69) is 22.2 Å². The Labute approximate surface area is 115 Å². The Bertz CT molecular complexity index is 426. The first-order valence-electron chi connectivity index (χ1n) is 7.41. The number of ether oxygens (including phenoxy) is 1. The summed E-state index contributed by atoms with van der Waals surface area (Å²) in [6.07, 6.45) is 10.5. The van der Waals surface area contributed by atoms with E-state index in [-0.39, 0.29) is 0 Å². The van der Waals surface area contributed by atoms with Crippen LogP contribution in [0.2, 0.25) is 0 Å². The van der Waals surface area contributed by atoms with Crippen molar-refractivity contribution in [2.24, 2.45) is 5.41 Å². The van der Waals surface area contributed by atoms with Gasteiger partial charge in [0.2, 0.25) is 5.95 Å². The highest BCUT2D eigenvalue weighted by Gasteiger charge is 2.56. The first-order valence-corrected chi connectivity index (χ1v) is 7.41. The normalized spacial score (nSPS) is 28.3. The van der Waals surface area contributed by atoms with Crippen molar-refractivity contribution >= 4 is 5.95 Å². The molecule has 0 amide bonds. The molecule has 4 heteroatoms. The summed E-state index contributed by atoms with van der Waals surface area (Å²) in [6, 6.07) is 0.481. The fourth-order valence-electron chi connectivity index (χ4n) is 3.71. The average molecular weight is 261 g/mol. The summed E-state index contributed by atoms with van der Waals surface area (Å²) in [5.41, 5.74) is 1.44. The van der Waals surface area contributed by atoms with E-state index >= 15 is 0 Å². The molecule has 1 N–H and O–H groups in total. The lowest BCUT2D eigenvalue weighted by atomic mass is 9.60. The van der Waals surface area contributed by atoms with Gasteiger partial charge in [-0.2, -0.15) is 0 Å². The van der Waals surface area contributed by atoms with E-state index in [1.807, 2.05) is 19.3 Å². The third kappa shape index (κ3) is 2.22. The van der Waals surface area contributed by atoms with Crippen LogP contribution in [0, 0.1) is 12.3 Å². The first-order chi connectivity index (χ1) is 9.24. The fraction of sp³-hybridized carbons (Fsp3) is 0.733. The molecule has 0 bridgehead atoms. The van der Waals surface area contributed by atoms with Crippen LogP contribution in [-0.2, 0) is 4.74 Å². The third-order valence-electron chi connectivity index (χ3n) is 4.77. The molecule has 104 valence electrons. The number of nitrogens with zero attached hydrogens (tertiary/aromatic N) is 2. The molecule has 0 saturated heterocycles. The Morgan fingerprint density at radius 2 is 2.00 bits per heavy atom. The Morgan fingerprint density at radius 1 is 1.32 bits per heavy atom. The van der Waals surface area contributed by atoms with E-state index in [0.29, 0.717) is 17.6 Å². The van der Waals surface area contributed by atoms with E-state index in [4.69, 9.17) is 4.74 Å². The number of hydrogen-bond donors (Lipinski definition) is 1. The summed E-state index contributed by atoms with van der Waals surface area (Å²) in [4.78, 5) is 8.73. The van der Waals surface area contributed by atoms with Gasteiger partial charge in [-0.15, -0.1) is 0 Å². The molecule has 1 heterocycles. The third-order valence-corrected chi connectivity index (χ3v) is 4.77. The molecule has 1 spiro atoms. The highest BCUT2D eigenvalue weighted by molar-refractivity contribution is 5.31. The second kappa shape index (κ2) is 5.08. The Hall–Kier alpha value is -1.16. The van der Waals surface area contributed by atoms with Gasteiger partial charge in [0.05, 0.1) is 6.10 Å². The molecular weight excluding hydrogens is 238 g/mol. The lowest BCUT2D eigenvalue weighted by molar-refractivity contribution is -0.114. The van der Waals surface area contributed by atoms with Crippen LogP contribution in [0.1, 0.15) is 44.6 Å². The van der Waals surface area contributed by atoms with Crippen molar-refractivity contribution in [1.29, 1.82) is 0 Å². The van der Waals surface area contributed by atoms with Gasteiger partial charge in [0, 0.05) is 30.5 Å². The molecule has 2 atom stereocenters. The number of rotatable bonds is 4. The van der Waals surface area contributed by atoms with Gasteiger partial charge in [-0.1, -0.05) is 12.8 Å². The highest BCUT2D eigenvalue weighted by Crippen LogP contribution is 2.55. The van der Waals surface area contributed by atoms with Crippen LogP contribution < -0.4 is 5.32 Å². The number of hydrogen-bond acceptors (Lipinski definition) is 4. The topological polar surface area (TPSA) is 47.0 Å². The monoisotopic (exact) mass is 261 g/mol. The minimum Gasteiger partial charge on any atom is -0.378 e. The minimum atomic E-state index is 0.338. The quantitative estimate of drug-likeness (QED) is 0.905.